The zero-order valence-electron chi connectivity index (χ0n) is 13.2. The quantitative estimate of drug-likeness (QED) is 0.803. The van der Waals surface area contributed by atoms with E-state index in [1.807, 2.05) is 25.7 Å². The number of hydrogen-bond acceptors (Lipinski definition) is 3. The Hall–Kier alpha value is -0.610. The largest absolute Gasteiger partial charge is 0.366 e. The Kier molecular flexibility index (Phi) is 6.27. The van der Waals surface area contributed by atoms with Crippen LogP contribution >= 0.6 is 0 Å². The van der Waals surface area contributed by atoms with Crippen LogP contribution in [-0.4, -0.2) is 48.7 Å². The summed E-state index contributed by atoms with van der Waals surface area (Å²) in [4.78, 5) is 14.2. The van der Waals surface area contributed by atoms with E-state index in [0.29, 0.717) is 12.0 Å². The van der Waals surface area contributed by atoms with Gasteiger partial charge in [0.15, 0.2) is 0 Å². The van der Waals surface area contributed by atoms with Crippen LogP contribution < -0.4 is 5.32 Å². The van der Waals surface area contributed by atoms with Crippen molar-refractivity contribution in [1.29, 1.82) is 0 Å². The van der Waals surface area contributed by atoms with Gasteiger partial charge >= 0.3 is 0 Å². The third-order valence-electron chi connectivity index (χ3n) is 3.17. The van der Waals surface area contributed by atoms with E-state index in [0.717, 1.165) is 19.6 Å². The molecule has 1 aliphatic rings. The van der Waals surface area contributed by atoms with E-state index in [2.05, 4.69) is 19.2 Å². The maximum Gasteiger partial charge on any atom is 0.248 e. The van der Waals surface area contributed by atoms with E-state index in [9.17, 15) is 4.79 Å². The van der Waals surface area contributed by atoms with Crippen LogP contribution in [0.25, 0.3) is 0 Å². The molecule has 1 saturated heterocycles. The molecular weight excluding hydrogens is 240 g/mol. The second-order valence-corrected chi connectivity index (χ2v) is 6.89. The van der Waals surface area contributed by atoms with Gasteiger partial charge in [0.25, 0.3) is 0 Å². The summed E-state index contributed by atoms with van der Waals surface area (Å²) in [6.45, 7) is 13.1. The average molecular weight is 270 g/mol. The molecular formula is C15H30N2O2. The summed E-state index contributed by atoms with van der Waals surface area (Å²) < 4.78 is 5.61. The predicted octanol–water partition coefficient (Wildman–Crippen LogP) is 2.04. The smallest absolute Gasteiger partial charge is 0.248 e. The SMILES string of the molecule is CC(C)CN(CC1CCCN1)C(=O)COC(C)(C)C. The first-order valence-corrected chi connectivity index (χ1v) is 7.43. The standard InChI is InChI=1S/C15H30N2O2/c1-12(2)9-17(10-13-7-6-8-16-13)14(18)11-19-15(3,4)5/h12-13,16H,6-11H2,1-5H3. The maximum absolute atomic E-state index is 12.3. The monoisotopic (exact) mass is 270 g/mol. The molecule has 1 heterocycles. The second-order valence-electron chi connectivity index (χ2n) is 6.89. The molecule has 1 amide bonds. The summed E-state index contributed by atoms with van der Waals surface area (Å²) in [7, 11) is 0. The number of nitrogens with one attached hydrogen (secondary N) is 1. The van der Waals surface area contributed by atoms with Crippen LogP contribution in [0.4, 0.5) is 0 Å². The molecule has 1 fully saturated rings. The molecule has 4 heteroatoms. The number of hydrogen-bond donors (Lipinski definition) is 1. The van der Waals surface area contributed by atoms with E-state index in [1.165, 1.54) is 12.8 Å². The number of rotatable bonds is 6. The van der Waals surface area contributed by atoms with Crippen molar-refractivity contribution in [3.8, 4) is 0 Å². The summed E-state index contributed by atoms with van der Waals surface area (Å²) in [5.41, 5.74) is -0.259. The van der Waals surface area contributed by atoms with Crippen LogP contribution in [-0.2, 0) is 9.53 Å². The molecule has 0 aromatic heterocycles. The van der Waals surface area contributed by atoms with Crippen molar-refractivity contribution in [1.82, 2.24) is 10.2 Å². The summed E-state index contributed by atoms with van der Waals surface area (Å²) in [6.07, 6.45) is 2.38. The van der Waals surface area contributed by atoms with Gasteiger partial charge in [-0.1, -0.05) is 13.8 Å². The fourth-order valence-electron chi connectivity index (χ4n) is 2.27. The lowest BCUT2D eigenvalue weighted by atomic mass is 10.1. The summed E-state index contributed by atoms with van der Waals surface area (Å²) in [5, 5.41) is 3.45. The highest BCUT2D eigenvalue weighted by Crippen LogP contribution is 2.11. The maximum atomic E-state index is 12.3. The van der Waals surface area contributed by atoms with E-state index >= 15 is 0 Å². The Morgan fingerprint density at radius 1 is 1.42 bits per heavy atom. The molecule has 0 aromatic carbocycles. The molecule has 0 radical (unpaired) electrons. The highest BCUT2D eigenvalue weighted by atomic mass is 16.5. The first-order chi connectivity index (χ1) is 8.78. The van der Waals surface area contributed by atoms with Crippen LogP contribution in [0.5, 0.6) is 0 Å². The van der Waals surface area contributed by atoms with Crippen LogP contribution in [0, 0.1) is 5.92 Å². The first kappa shape index (κ1) is 16.4. The molecule has 1 rings (SSSR count). The molecule has 112 valence electrons. The van der Waals surface area contributed by atoms with Gasteiger partial charge in [0, 0.05) is 19.1 Å². The number of nitrogens with zero attached hydrogens (tertiary/aromatic N) is 1. The summed E-state index contributed by atoms with van der Waals surface area (Å²) in [5.74, 6) is 0.595. The summed E-state index contributed by atoms with van der Waals surface area (Å²) in [6, 6.07) is 0.456. The lowest BCUT2D eigenvalue weighted by Gasteiger charge is -2.29. The van der Waals surface area contributed by atoms with Gasteiger partial charge in [0.1, 0.15) is 6.61 Å². The molecule has 19 heavy (non-hydrogen) atoms. The third-order valence-corrected chi connectivity index (χ3v) is 3.17. The predicted molar refractivity (Wildman–Crippen MR) is 78.1 cm³/mol. The van der Waals surface area contributed by atoms with E-state index in [-0.39, 0.29) is 18.1 Å². The van der Waals surface area contributed by atoms with Crippen molar-refractivity contribution < 1.29 is 9.53 Å². The topological polar surface area (TPSA) is 41.6 Å². The minimum atomic E-state index is -0.259. The van der Waals surface area contributed by atoms with Crippen molar-refractivity contribution in [2.45, 2.75) is 59.1 Å². The van der Waals surface area contributed by atoms with Crippen molar-refractivity contribution in [3.05, 3.63) is 0 Å². The molecule has 1 N–H and O–H groups in total. The van der Waals surface area contributed by atoms with Gasteiger partial charge in [0.05, 0.1) is 5.60 Å². The number of carbonyl (C=O) groups excluding carboxylic acids is 1. The molecule has 1 aliphatic heterocycles. The van der Waals surface area contributed by atoms with Crippen LogP contribution in [0.15, 0.2) is 0 Å². The Bertz CT molecular complexity index is 278. The molecule has 0 aromatic rings. The lowest BCUT2D eigenvalue weighted by Crippen LogP contribution is -2.45. The second kappa shape index (κ2) is 7.25. The summed E-state index contributed by atoms with van der Waals surface area (Å²) >= 11 is 0. The van der Waals surface area contributed by atoms with Gasteiger partial charge in [-0.3, -0.25) is 4.79 Å². The average Bonchev–Trinajstić information content (AvgIpc) is 2.76. The number of ether oxygens (including phenoxy) is 1. The fraction of sp³-hybridized carbons (Fsp3) is 0.933. The van der Waals surface area contributed by atoms with Gasteiger partial charge in [-0.2, -0.15) is 0 Å². The molecule has 0 aliphatic carbocycles. The van der Waals surface area contributed by atoms with E-state index < -0.39 is 0 Å². The van der Waals surface area contributed by atoms with Gasteiger partial charge in [0.2, 0.25) is 5.91 Å². The zero-order chi connectivity index (χ0) is 14.5. The van der Waals surface area contributed by atoms with Crippen molar-refractivity contribution in [2.75, 3.05) is 26.2 Å². The highest BCUT2D eigenvalue weighted by molar-refractivity contribution is 5.77. The van der Waals surface area contributed by atoms with Crippen LogP contribution in [0.1, 0.15) is 47.5 Å². The number of carbonyl (C=O) groups is 1. The van der Waals surface area contributed by atoms with Crippen LogP contribution in [0.2, 0.25) is 0 Å². The van der Waals surface area contributed by atoms with Crippen molar-refractivity contribution in [2.24, 2.45) is 5.92 Å². The Morgan fingerprint density at radius 2 is 2.11 bits per heavy atom. The molecule has 4 nitrogen and oxygen atoms in total. The van der Waals surface area contributed by atoms with Gasteiger partial charge in [-0.05, 0) is 46.1 Å². The van der Waals surface area contributed by atoms with Gasteiger partial charge < -0.3 is 15.0 Å². The minimum absolute atomic E-state index is 0.109. The Balaban J connectivity index is 2.49. The molecule has 1 unspecified atom stereocenters. The fourth-order valence-corrected chi connectivity index (χ4v) is 2.27. The highest BCUT2D eigenvalue weighted by Gasteiger charge is 2.23. The normalized spacial score (nSPS) is 20.0. The zero-order valence-corrected chi connectivity index (χ0v) is 13.2. The molecule has 0 saturated carbocycles. The lowest BCUT2D eigenvalue weighted by molar-refractivity contribution is -0.141. The Labute approximate surface area is 117 Å². The van der Waals surface area contributed by atoms with Crippen LogP contribution in [0.3, 0.4) is 0 Å². The molecule has 0 bridgehead atoms. The molecule has 0 spiro atoms. The van der Waals surface area contributed by atoms with Crippen molar-refractivity contribution in [3.63, 3.8) is 0 Å². The van der Waals surface area contributed by atoms with Gasteiger partial charge in [-0.15, -0.1) is 0 Å². The van der Waals surface area contributed by atoms with E-state index in [1.54, 1.807) is 0 Å². The number of amides is 1. The third kappa shape index (κ3) is 6.92. The Morgan fingerprint density at radius 3 is 2.58 bits per heavy atom. The minimum Gasteiger partial charge on any atom is -0.366 e. The first-order valence-electron chi connectivity index (χ1n) is 7.43. The van der Waals surface area contributed by atoms with E-state index in [4.69, 9.17) is 4.74 Å². The van der Waals surface area contributed by atoms with Gasteiger partial charge in [-0.25, -0.2) is 0 Å². The van der Waals surface area contributed by atoms with Crippen molar-refractivity contribution >= 4 is 5.91 Å². The molecule has 1 atom stereocenters.